The Balaban J connectivity index is 2.26. The number of nitrogen functional groups attached to an aromatic ring is 1. The zero-order valence-electron chi connectivity index (χ0n) is 9.82. The summed E-state index contributed by atoms with van der Waals surface area (Å²) >= 11 is 5.99. The molecule has 1 aromatic rings. The van der Waals surface area contributed by atoms with Crippen molar-refractivity contribution in [3.8, 4) is 0 Å². The molecule has 0 saturated carbocycles. The summed E-state index contributed by atoms with van der Waals surface area (Å²) in [6.07, 6.45) is 4.70. The van der Waals surface area contributed by atoms with Crippen LogP contribution in [0.1, 0.15) is 36.5 Å². The van der Waals surface area contributed by atoms with Crippen LogP contribution in [0, 0.1) is 0 Å². The van der Waals surface area contributed by atoms with E-state index in [-0.39, 0.29) is 11.9 Å². The van der Waals surface area contributed by atoms with Gasteiger partial charge in [-0.1, -0.05) is 11.6 Å². The monoisotopic (exact) mass is 253 g/mol. The first-order valence-electron chi connectivity index (χ1n) is 5.81. The van der Waals surface area contributed by atoms with Gasteiger partial charge in [-0.05, 0) is 32.3 Å². The average molecular weight is 254 g/mol. The van der Waals surface area contributed by atoms with Gasteiger partial charge in [0.1, 0.15) is 5.82 Å². The summed E-state index contributed by atoms with van der Waals surface area (Å²) in [4.78, 5) is 18.1. The number of nitrogens with two attached hydrogens (primary N) is 1. The Morgan fingerprint density at radius 2 is 2.35 bits per heavy atom. The molecule has 1 saturated heterocycles. The second-order valence-corrected chi connectivity index (χ2v) is 4.84. The second-order valence-electron chi connectivity index (χ2n) is 4.43. The summed E-state index contributed by atoms with van der Waals surface area (Å²) < 4.78 is 0. The number of carbonyl (C=O) groups is 1. The van der Waals surface area contributed by atoms with Crippen molar-refractivity contribution in [2.45, 2.75) is 32.2 Å². The Morgan fingerprint density at radius 3 is 3.06 bits per heavy atom. The maximum absolute atomic E-state index is 12.3. The smallest absolute Gasteiger partial charge is 0.255 e. The summed E-state index contributed by atoms with van der Waals surface area (Å²) in [6.45, 7) is 2.86. The molecule has 1 amide bonds. The molecule has 1 aliphatic heterocycles. The Morgan fingerprint density at radius 1 is 1.59 bits per heavy atom. The van der Waals surface area contributed by atoms with Crippen LogP contribution in [0.15, 0.2) is 12.3 Å². The predicted octanol–water partition coefficient (Wildman–Crippen LogP) is 2.33. The van der Waals surface area contributed by atoms with Gasteiger partial charge in [-0.3, -0.25) is 4.79 Å². The van der Waals surface area contributed by atoms with Crippen LogP contribution >= 0.6 is 11.6 Å². The minimum Gasteiger partial charge on any atom is -0.384 e. The standard InChI is InChI=1S/C12H16ClN3O/c1-8-4-2-3-5-16(8)12(17)9-6-11(14)15-7-10(9)13/h6-8H,2-5H2,1H3,(H2,14,15). The molecule has 1 atom stereocenters. The first kappa shape index (κ1) is 12.2. The van der Waals surface area contributed by atoms with Crippen molar-refractivity contribution in [2.24, 2.45) is 0 Å². The highest BCUT2D eigenvalue weighted by atomic mass is 35.5. The first-order chi connectivity index (χ1) is 8.09. The molecule has 0 aliphatic carbocycles. The van der Waals surface area contributed by atoms with E-state index < -0.39 is 0 Å². The van der Waals surface area contributed by atoms with Crippen LogP contribution < -0.4 is 5.73 Å². The number of hydrogen-bond donors (Lipinski definition) is 1. The number of pyridine rings is 1. The SMILES string of the molecule is CC1CCCCN1C(=O)c1cc(N)ncc1Cl. The molecular weight excluding hydrogens is 238 g/mol. The number of anilines is 1. The molecule has 17 heavy (non-hydrogen) atoms. The lowest BCUT2D eigenvalue weighted by atomic mass is 10.0. The number of aromatic nitrogens is 1. The van der Waals surface area contributed by atoms with Crippen molar-refractivity contribution in [3.05, 3.63) is 22.8 Å². The Labute approximate surface area is 106 Å². The molecular formula is C12H16ClN3O. The molecule has 1 fully saturated rings. The topological polar surface area (TPSA) is 59.2 Å². The number of amides is 1. The van der Waals surface area contributed by atoms with Crippen LogP contribution in [-0.4, -0.2) is 28.4 Å². The van der Waals surface area contributed by atoms with Crippen LogP contribution in [0.4, 0.5) is 5.82 Å². The van der Waals surface area contributed by atoms with Crippen molar-refractivity contribution in [3.63, 3.8) is 0 Å². The van der Waals surface area contributed by atoms with Gasteiger partial charge in [-0.2, -0.15) is 0 Å². The lowest BCUT2D eigenvalue weighted by Crippen LogP contribution is -2.42. The summed E-state index contributed by atoms with van der Waals surface area (Å²) in [6, 6.07) is 1.81. The zero-order chi connectivity index (χ0) is 12.4. The van der Waals surface area contributed by atoms with Gasteiger partial charge in [-0.15, -0.1) is 0 Å². The third-order valence-electron chi connectivity index (χ3n) is 3.17. The fourth-order valence-electron chi connectivity index (χ4n) is 2.17. The van der Waals surface area contributed by atoms with Gasteiger partial charge in [0.25, 0.3) is 5.91 Å². The van der Waals surface area contributed by atoms with E-state index in [0.717, 1.165) is 19.4 Å². The first-order valence-corrected chi connectivity index (χ1v) is 6.19. The highest BCUT2D eigenvalue weighted by molar-refractivity contribution is 6.33. The number of rotatable bonds is 1. The van der Waals surface area contributed by atoms with Crippen molar-refractivity contribution in [1.82, 2.24) is 9.88 Å². The number of carbonyl (C=O) groups excluding carboxylic acids is 1. The lowest BCUT2D eigenvalue weighted by Gasteiger charge is -2.33. The molecule has 2 N–H and O–H groups in total. The number of likely N-dealkylation sites (tertiary alicyclic amines) is 1. The van der Waals surface area contributed by atoms with Gasteiger partial charge in [-0.25, -0.2) is 4.98 Å². The Bertz CT molecular complexity index is 436. The third-order valence-corrected chi connectivity index (χ3v) is 3.47. The number of piperidine rings is 1. The van der Waals surface area contributed by atoms with Crippen LogP contribution in [-0.2, 0) is 0 Å². The summed E-state index contributed by atoms with van der Waals surface area (Å²) in [7, 11) is 0. The Hall–Kier alpha value is -1.29. The van der Waals surface area contributed by atoms with E-state index in [4.69, 9.17) is 17.3 Å². The quantitative estimate of drug-likeness (QED) is 0.836. The van der Waals surface area contributed by atoms with E-state index in [1.165, 1.54) is 12.6 Å². The number of hydrogen-bond acceptors (Lipinski definition) is 3. The van der Waals surface area contributed by atoms with Crippen molar-refractivity contribution in [1.29, 1.82) is 0 Å². The van der Waals surface area contributed by atoms with Crippen molar-refractivity contribution < 1.29 is 4.79 Å². The maximum atomic E-state index is 12.3. The molecule has 1 aliphatic rings. The molecule has 2 rings (SSSR count). The van der Waals surface area contributed by atoms with Crippen LogP contribution in [0.3, 0.4) is 0 Å². The largest absolute Gasteiger partial charge is 0.384 e. The molecule has 5 heteroatoms. The summed E-state index contributed by atoms with van der Waals surface area (Å²) in [5.74, 6) is 0.277. The van der Waals surface area contributed by atoms with E-state index >= 15 is 0 Å². The molecule has 1 aromatic heterocycles. The average Bonchev–Trinajstić information content (AvgIpc) is 2.32. The van der Waals surface area contributed by atoms with E-state index in [1.54, 1.807) is 6.07 Å². The summed E-state index contributed by atoms with van der Waals surface area (Å²) in [5.41, 5.74) is 6.04. The third kappa shape index (κ3) is 2.52. The molecule has 0 spiro atoms. The van der Waals surface area contributed by atoms with Crippen LogP contribution in [0.5, 0.6) is 0 Å². The van der Waals surface area contributed by atoms with Crippen LogP contribution in [0.2, 0.25) is 5.02 Å². The fourth-order valence-corrected chi connectivity index (χ4v) is 2.36. The van der Waals surface area contributed by atoms with Gasteiger partial charge < -0.3 is 10.6 Å². The van der Waals surface area contributed by atoms with Crippen molar-refractivity contribution >= 4 is 23.3 Å². The minimum atomic E-state index is -0.0451. The number of nitrogens with zero attached hydrogens (tertiary/aromatic N) is 2. The minimum absolute atomic E-state index is 0.0451. The van der Waals surface area contributed by atoms with Gasteiger partial charge in [0, 0.05) is 18.8 Å². The molecule has 0 bridgehead atoms. The molecule has 4 nitrogen and oxygen atoms in total. The van der Waals surface area contributed by atoms with Crippen molar-refractivity contribution in [2.75, 3.05) is 12.3 Å². The molecule has 0 radical (unpaired) electrons. The maximum Gasteiger partial charge on any atom is 0.255 e. The van der Waals surface area contributed by atoms with Gasteiger partial charge in [0.05, 0.1) is 10.6 Å². The van der Waals surface area contributed by atoms with Gasteiger partial charge >= 0.3 is 0 Å². The van der Waals surface area contributed by atoms with Gasteiger partial charge in [0.2, 0.25) is 0 Å². The second kappa shape index (κ2) is 4.92. The zero-order valence-corrected chi connectivity index (χ0v) is 10.6. The molecule has 92 valence electrons. The van der Waals surface area contributed by atoms with E-state index in [9.17, 15) is 4.79 Å². The predicted molar refractivity (Wildman–Crippen MR) is 68.0 cm³/mol. The van der Waals surface area contributed by atoms with Crippen LogP contribution in [0.25, 0.3) is 0 Å². The summed E-state index contributed by atoms with van der Waals surface area (Å²) in [5, 5.41) is 0.363. The fraction of sp³-hybridized carbons (Fsp3) is 0.500. The molecule has 0 aromatic carbocycles. The van der Waals surface area contributed by atoms with Gasteiger partial charge in [0.15, 0.2) is 0 Å². The molecule has 2 heterocycles. The highest BCUT2D eigenvalue weighted by Crippen LogP contribution is 2.23. The van der Waals surface area contributed by atoms with E-state index in [0.29, 0.717) is 16.4 Å². The Kier molecular flexibility index (Phi) is 3.52. The van der Waals surface area contributed by atoms with E-state index in [1.807, 2.05) is 4.90 Å². The lowest BCUT2D eigenvalue weighted by molar-refractivity contribution is 0.0636. The highest BCUT2D eigenvalue weighted by Gasteiger charge is 2.25. The molecule has 1 unspecified atom stereocenters. The number of halogens is 1. The van der Waals surface area contributed by atoms with E-state index in [2.05, 4.69) is 11.9 Å². The normalized spacial score (nSPS) is 20.4.